The molecule has 36 heavy (non-hydrogen) atoms. The van der Waals surface area contributed by atoms with E-state index < -0.39 is 0 Å². The number of nitrogens with zero attached hydrogens (tertiary/aromatic N) is 2. The first kappa shape index (κ1) is 26.5. The molecule has 6 nitrogen and oxygen atoms in total. The van der Waals surface area contributed by atoms with E-state index in [1.807, 2.05) is 31.2 Å². The Morgan fingerprint density at radius 1 is 1.14 bits per heavy atom. The molecule has 0 bridgehead atoms. The summed E-state index contributed by atoms with van der Waals surface area (Å²) in [5, 5.41) is 0.697. The lowest BCUT2D eigenvalue weighted by Crippen LogP contribution is -2.34. The third-order valence-corrected chi connectivity index (χ3v) is 7.44. The van der Waals surface area contributed by atoms with Crippen molar-refractivity contribution in [1.29, 1.82) is 0 Å². The van der Waals surface area contributed by atoms with Crippen LogP contribution in [-0.4, -0.2) is 47.1 Å². The molecule has 2 aromatic carbocycles. The number of imidazole rings is 1. The smallest absolute Gasteiger partial charge is 0.305 e. The van der Waals surface area contributed by atoms with E-state index in [9.17, 15) is 4.79 Å². The Balaban J connectivity index is 1.20. The van der Waals surface area contributed by atoms with E-state index in [0.717, 1.165) is 61.0 Å². The monoisotopic (exact) mass is 511 g/mol. The van der Waals surface area contributed by atoms with Gasteiger partial charge in [0, 0.05) is 11.4 Å². The average Bonchev–Trinajstić information content (AvgIpc) is 3.30. The lowest BCUT2D eigenvalue weighted by molar-refractivity contribution is -0.143. The average molecular weight is 512 g/mol. The number of piperidine rings is 1. The van der Waals surface area contributed by atoms with Crippen LogP contribution in [0.1, 0.15) is 62.4 Å². The molecule has 0 amide bonds. The molecule has 1 saturated heterocycles. The normalized spacial score (nSPS) is 14.9. The number of H-pyrrole nitrogens is 1. The molecule has 0 saturated carbocycles. The minimum Gasteiger partial charge on any atom is -0.486 e. The Kier molecular flexibility index (Phi) is 9.65. The summed E-state index contributed by atoms with van der Waals surface area (Å²) in [6.07, 6.45) is 7.51. The number of aryl methyl sites for hydroxylation is 2. The minimum absolute atomic E-state index is 0.0711. The molecule has 1 N–H and O–H groups in total. The molecule has 1 aliphatic rings. The summed E-state index contributed by atoms with van der Waals surface area (Å²) in [7, 11) is 0. The van der Waals surface area contributed by atoms with Crippen LogP contribution in [0.3, 0.4) is 0 Å². The number of benzene rings is 2. The molecule has 1 aliphatic heterocycles. The van der Waals surface area contributed by atoms with E-state index in [2.05, 4.69) is 28.9 Å². The van der Waals surface area contributed by atoms with Crippen LogP contribution in [0.15, 0.2) is 36.4 Å². The van der Waals surface area contributed by atoms with Gasteiger partial charge >= 0.3 is 5.97 Å². The molecule has 0 spiro atoms. The Labute approximate surface area is 219 Å². The number of likely N-dealkylation sites (tertiary alicyclic amines) is 1. The largest absolute Gasteiger partial charge is 0.486 e. The van der Waals surface area contributed by atoms with Gasteiger partial charge in [0.15, 0.2) is 0 Å². The molecule has 1 fully saturated rings. The SMILES string of the molecule is CCOC(=O)CCCN1CCC(CCCc2ccc3[nH]c(COc4ccc(Cl)cc4)nc3c2C)CC1. The molecule has 1 aromatic heterocycles. The number of fused-ring (bicyclic) bond motifs is 1. The maximum Gasteiger partial charge on any atom is 0.305 e. The van der Waals surface area contributed by atoms with Crippen LogP contribution < -0.4 is 4.74 Å². The highest BCUT2D eigenvalue weighted by Gasteiger charge is 2.19. The zero-order valence-electron chi connectivity index (χ0n) is 21.5. The Hall–Kier alpha value is -2.57. The van der Waals surface area contributed by atoms with Crippen LogP contribution in [0.5, 0.6) is 5.75 Å². The van der Waals surface area contributed by atoms with E-state index in [-0.39, 0.29) is 5.97 Å². The van der Waals surface area contributed by atoms with Crippen molar-refractivity contribution in [2.45, 2.75) is 65.4 Å². The van der Waals surface area contributed by atoms with Crippen molar-refractivity contribution >= 4 is 28.6 Å². The number of nitrogens with one attached hydrogen (secondary N) is 1. The highest BCUT2D eigenvalue weighted by atomic mass is 35.5. The standard InChI is InChI=1S/C29H38ClN3O3/c1-3-35-28(34)8-5-17-33-18-15-22(16-19-33)6-4-7-23-9-14-26-29(21(23)2)32-27(31-26)20-36-25-12-10-24(30)11-13-25/h9-14,22H,3-8,15-20H2,1-2H3,(H,31,32). The zero-order chi connectivity index (χ0) is 25.3. The first-order valence-corrected chi connectivity index (χ1v) is 13.6. The third-order valence-electron chi connectivity index (χ3n) is 7.18. The lowest BCUT2D eigenvalue weighted by Gasteiger charge is -2.32. The number of esters is 1. The van der Waals surface area contributed by atoms with Gasteiger partial charge in [-0.3, -0.25) is 4.79 Å². The topological polar surface area (TPSA) is 67.5 Å². The van der Waals surface area contributed by atoms with Gasteiger partial charge in [-0.05, 0) is 113 Å². The fourth-order valence-corrected chi connectivity index (χ4v) is 5.21. The van der Waals surface area contributed by atoms with Crippen molar-refractivity contribution in [3.8, 4) is 5.75 Å². The predicted molar refractivity (Wildman–Crippen MR) is 145 cm³/mol. The van der Waals surface area contributed by atoms with E-state index in [4.69, 9.17) is 26.1 Å². The molecule has 4 rings (SSSR count). The van der Waals surface area contributed by atoms with E-state index in [1.54, 1.807) is 0 Å². The number of aromatic nitrogens is 2. The van der Waals surface area contributed by atoms with Crippen LogP contribution in [-0.2, 0) is 22.6 Å². The highest BCUT2D eigenvalue weighted by Crippen LogP contribution is 2.26. The van der Waals surface area contributed by atoms with Gasteiger partial charge in [0.25, 0.3) is 0 Å². The number of rotatable bonds is 12. The van der Waals surface area contributed by atoms with Gasteiger partial charge < -0.3 is 19.4 Å². The lowest BCUT2D eigenvalue weighted by atomic mass is 9.90. The number of ether oxygens (including phenoxy) is 2. The number of aromatic amines is 1. The number of halogens is 1. The summed E-state index contributed by atoms with van der Waals surface area (Å²) >= 11 is 5.94. The van der Waals surface area contributed by atoms with Gasteiger partial charge in [0.2, 0.25) is 0 Å². The molecule has 0 unspecified atom stereocenters. The van der Waals surface area contributed by atoms with Crippen LogP contribution in [0.25, 0.3) is 11.0 Å². The molecule has 0 aliphatic carbocycles. The molecular weight excluding hydrogens is 474 g/mol. The second kappa shape index (κ2) is 13.1. The second-order valence-electron chi connectivity index (χ2n) is 9.76. The molecule has 0 radical (unpaired) electrons. The highest BCUT2D eigenvalue weighted by molar-refractivity contribution is 6.30. The summed E-state index contributed by atoms with van der Waals surface area (Å²) in [4.78, 5) is 22.2. The Morgan fingerprint density at radius 2 is 1.92 bits per heavy atom. The molecule has 0 atom stereocenters. The molecule has 3 aromatic rings. The molecule has 2 heterocycles. The van der Waals surface area contributed by atoms with Crippen molar-refractivity contribution in [2.24, 2.45) is 5.92 Å². The second-order valence-corrected chi connectivity index (χ2v) is 10.2. The molecule has 7 heteroatoms. The van der Waals surface area contributed by atoms with Crippen molar-refractivity contribution in [3.05, 3.63) is 58.4 Å². The Bertz CT molecular complexity index is 1120. The van der Waals surface area contributed by atoms with Gasteiger partial charge in [-0.1, -0.05) is 24.1 Å². The first-order chi connectivity index (χ1) is 17.5. The van der Waals surface area contributed by atoms with Gasteiger partial charge in [-0.15, -0.1) is 0 Å². The van der Waals surface area contributed by atoms with Crippen LogP contribution in [0, 0.1) is 12.8 Å². The fourth-order valence-electron chi connectivity index (χ4n) is 5.09. The number of carbonyl (C=O) groups excluding carboxylic acids is 1. The fraction of sp³-hybridized carbons (Fsp3) is 0.517. The number of carbonyl (C=O) groups is 1. The summed E-state index contributed by atoms with van der Waals surface area (Å²) < 4.78 is 10.9. The maximum absolute atomic E-state index is 11.5. The first-order valence-electron chi connectivity index (χ1n) is 13.2. The minimum atomic E-state index is -0.0711. The van der Waals surface area contributed by atoms with Crippen LogP contribution in [0.2, 0.25) is 5.02 Å². The number of hydrogen-bond donors (Lipinski definition) is 1. The van der Waals surface area contributed by atoms with E-state index in [0.29, 0.717) is 24.7 Å². The Morgan fingerprint density at radius 3 is 2.67 bits per heavy atom. The third kappa shape index (κ3) is 7.47. The summed E-state index contributed by atoms with van der Waals surface area (Å²) in [6.45, 7) is 8.20. The summed E-state index contributed by atoms with van der Waals surface area (Å²) in [5.74, 6) is 2.34. The van der Waals surface area contributed by atoms with Gasteiger partial charge in [0.05, 0.1) is 17.6 Å². The summed E-state index contributed by atoms with van der Waals surface area (Å²) in [5.41, 5.74) is 4.74. The zero-order valence-corrected chi connectivity index (χ0v) is 22.3. The van der Waals surface area contributed by atoms with Crippen molar-refractivity contribution in [1.82, 2.24) is 14.9 Å². The van der Waals surface area contributed by atoms with Crippen LogP contribution >= 0.6 is 11.6 Å². The van der Waals surface area contributed by atoms with Crippen LogP contribution in [0.4, 0.5) is 0 Å². The summed E-state index contributed by atoms with van der Waals surface area (Å²) in [6, 6.07) is 11.8. The number of hydrogen-bond acceptors (Lipinski definition) is 5. The van der Waals surface area contributed by atoms with Crippen molar-refractivity contribution < 1.29 is 14.3 Å². The van der Waals surface area contributed by atoms with Crippen molar-refractivity contribution in [2.75, 3.05) is 26.2 Å². The van der Waals surface area contributed by atoms with Gasteiger partial charge in [-0.25, -0.2) is 4.98 Å². The van der Waals surface area contributed by atoms with E-state index >= 15 is 0 Å². The molecule has 194 valence electrons. The molecular formula is C29H38ClN3O3. The van der Waals surface area contributed by atoms with Crippen molar-refractivity contribution in [3.63, 3.8) is 0 Å². The maximum atomic E-state index is 11.5. The predicted octanol–water partition coefficient (Wildman–Crippen LogP) is 6.48. The van der Waals surface area contributed by atoms with E-state index in [1.165, 1.54) is 36.8 Å². The quantitative estimate of drug-likeness (QED) is 0.282. The van der Waals surface area contributed by atoms with Gasteiger partial charge in [0.1, 0.15) is 18.2 Å². The van der Waals surface area contributed by atoms with Gasteiger partial charge in [-0.2, -0.15) is 0 Å².